The number of hydrogen-bond acceptors (Lipinski definition) is 5. The SMILES string of the molecule is CN(OS(=O)[O-])c1ccc2cc(C=O)n(-c3cccc(C(F)(F)c4ccccc4)c3)c2c1. The molecule has 0 spiro atoms. The molecule has 1 heterocycles. The van der Waals surface area contributed by atoms with Crippen molar-refractivity contribution in [2.24, 2.45) is 0 Å². The minimum atomic E-state index is -3.24. The highest BCUT2D eigenvalue weighted by Gasteiger charge is 2.34. The zero-order chi connectivity index (χ0) is 22.9. The Bertz CT molecular complexity index is 1310. The summed E-state index contributed by atoms with van der Waals surface area (Å²) in [4.78, 5) is 11.8. The molecule has 3 aromatic carbocycles. The Labute approximate surface area is 185 Å². The minimum Gasteiger partial charge on any atom is -0.748 e. The average Bonchev–Trinajstić information content (AvgIpc) is 3.17. The predicted molar refractivity (Wildman–Crippen MR) is 117 cm³/mol. The summed E-state index contributed by atoms with van der Waals surface area (Å²) in [5, 5.41) is 1.72. The van der Waals surface area contributed by atoms with E-state index in [-0.39, 0.29) is 16.8 Å². The van der Waals surface area contributed by atoms with Gasteiger partial charge in [-0.15, -0.1) is 0 Å². The Morgan fingerprint density at radius 1 is 1.00 bits per heavy atom. The van der Waals surface area contributed by atoms with Crippen LogP contribution >= 0.6 is 0 Å². The third kappa shape index (κ3) is 4.05. The van der Waals surface area contributed by atoms with E-state index in [0.717, 1.165) is 5.06 Å². The summed E-state index contributed by atoms with van der Waals surface area (Å²) in [6.07, 6.45) is 0.634. The Morgan fingerprint density at radius 2 is 1.72 bits per heavy atom. The van der Waals surface area contributed by atoms with Gasteiger partial charge in [0.2, 0.25) is 0 Å². The first-order chi connectivity index (χ1) is 15.3. The normalized spacial score (nSPS) is 12.6. The maximum absolute atomic E-state index is 15.1. The van der Waals surface area contributed by atoms with Crippen molar-refractivity contribution in [1.29, 1.82) is 0 Å². The number of aromatic nitrogens is 1. The predicted octanol–water partition coefficient (Wildman–Crippen LogP) is 4.75. The molecule has 0 radical (unpaired) electrons. The number of benzene rings is 3. The summed E-state index contributed by atoms with van der Waals surface area (Å²) in [7, 11) is 1.41. The van der Waals surface area contributed by atoms with Gasteiger partial charge in [-0.1, -0.05) is 48.5 Å². The van der Waals surface area contributed by atoms with Crippen LogP contribution < -0.4 is 5.06 Å². The van der Waals surface area contributed by atoms with Crippen LogP contribution in [0.3, 0.4) is 0 Å². The largest absolute Gasteiger partial charge is 0.748 e. The molecule has 9 heteroatoms. The molecule has 0 aliphatic heterocycles. The number of rotatable bonds is 7. The average molecular weight is 455 g/mol. The van der Waals surface area contributed by atoms with Crippen LogP contribution in [0.5, 0.6) is 0 Å². The molecule has 1 aromatic heterocycles. The lowest BCUT2D eigenvalue weighted by atomic mass is 10.00. The summed E-state index contributed by atoms with van der Waals surface area (Å²) in [6, 6.07) is 19.8. The van der Waals surface area contributed by atoms with Crippen LogP contribution in [0, 0.1) is 0 Å². The van der Waals surface area contributed by atoms with Gasteiger partial charge < -0.3 is 9.12 Å². The van der Waals surface area contributed by atoms with Gasteiger partial charge in [-0.3, -0.25) is 4.79 Å². The van der Waals surface area contributed by atoms with Crippen molar-refractivity contribution in [3.63, 3.8) is 0 Å². The standard InChI is InChI=1S/C23H18F2N2O4S/c1-26(31-32(29)30)19-11-10-16-12-21(15-28)27(22(16)14-19)20-9-5-8-18(13-20)23(24,25)17-6-3-2-4-7-17/h2-15H,1H3,(H,29,30)/p-1. The molecular weight excluding hydrogens is 438 g/mol. The molecule has 0 bridgehead atoms. The van der Waals surface area contributed by atoms with Gasteiger partial charge in [0.1, 0.15) is 11.4 Å². The number of alkyl halides is 2. The van der Waals surface area contributed by atoms with Crippen LogP contribution in [0.25, 0.3) is 16.6 Å². The zero-order valence-corrected chi connectivity index (χ0v) is 17.6. The molecule has 0 aliphatic rings. The first kappa shape index (κ1) is 21.8. The van der Waals surface area contributed by atoms with Crippen LogP contribution in [-0.4, -0.2) is 26.7 Å². The van der Waals surface area contributed by atoms with Crippen molar-refractivity contribution < 1.29 is 26.6 Å². The van der Waals surface area contributed by atoms with Crippen molar-refractivity contribution in [2.75, 3.05) is 12.1 Å². The highest BCUT2D eigenvalue weighted by molar-refractivity contribution is 7.74. The molecule has 6 nitrogen and oxygen atoms in total. The Balaban J connectivity index is 1.85. The molecule has 4 rings (SSSR count). The monoisotopic (exact) mass is 455 g/mol. The van der Waals surface area contributed by atoms with Gasteiger partial charge >= 0.3 is 0 Å². The molecule has 0 amide bonds. The number of halogens is 2. The third-order valence-corrected chi connectivity index (χ3v) is 5.42. The highest BCUT2D eigenvalue weighted by Crippen LogP contribution is 2.37. The minimum absolute atomic E-state index is 0.142. The van der Waals surface area contributed by atoms with E-state index in [4.69, 9.17) is 0 Å². The highest BCUT2D eigenvalue weighted by atomic mass is 32.2. The topological polar surface area (TPSA) is 74.6 Å². The molecule has 4 aromatic rings. The molecule has 0 saturated heterocycles. The number of aldehydes is 1. The van der Waals surface area contributed by atoms with Gasteiger partial charge in [0, 0.05) is 29.2 Å². The van der Waals surface area contributed by atoms with Crippen LogP contribution in [0.1, 0.15) is 21.6 Å². The number of hydrogen-bond donors (Lipinski definition) is 0. The van der Waals surface area contributed by atoms with Crippen LogP contribution in [0.4, 0.5) is 14.5 Å². The molecule has 32 heavy (non-hydrogen) atoms. The second kappa shape index (κ2) is 8.62. The van der Waals surface area contributed by atoms with E-state index >= 15 is 8.78 Å². The van der Waals surface area contributed by atoms with E-state index in [1.807, 2.05) is 0 Å². The van der Waals surface area contributed by atoms with Crippen molar-refractivity contribution in [3.05, 3.63) is 95.7 Å². The number of anilines is 1. The van der Waals surface area contributed by atoms with Gasteiger partial charge in [0.15, 0.2) is 6.29 Å². The summed E-state index contributed by atoms with van der Waals surface area (Å²) in [6.45, 7) is 0. The first-order valence-corrected chi connectivity index (χ1v) is 10.5. The van der Waals surface area contributed by atoms with Gasteiger partial charge in [0.05, 0.1) is 16.9 Å². The lowest BCUT2D eigenvalue weighted by Crippen LogP contribution is -2.19. The van der Waals surface area contributed by atoms with Gasteiger partial charge in [-0.25, -0.2) is 9.27 Å². The summed E-state index contributed by atoms with van der Waals surface area (Å²) in [5.41, 5.74) is 1.17. The van der Waals surface area contributed by atoms with Crippen LogP contribution in [0.2, 0.25) is 0 Å². The van der Waals surface area contributed by atoms with Crippen LogP contribution in [0.15, 0.2) is 78.9 Å². The quantitative estimate of drug-likeness (QED) is 0.229. The maximum atomic E-state index is 15.1. The molecule has 0 saturated carbocycles. The smallest absolute Gasteiger partial charge is 0.298 e. The fourth-order valence-electron chi connectivity index (χ4n) is 3.57. The number of carbonyl (C=O) groups excluding carboxylic acids is 1. The van der Waals surface area contributed by atoms with Gasteiger partial charge in [-0.2, -0.15) is 13.1 Å². The van der Waals surface area contributed by atoms with Crippen molar-refractivity contribution >= 4 is 34.2 Å². The molecule has 1 atom stereocenters. The number of nitrogens with zero attached hydrogens (tertiary/aromatic N) is 2. The second-order valence-electron chi connectivity index (χ2n) is 7.03. The van der Waals surface area contributed by atoms with E-state index in [1.165, 1.54) is 37.4 Å². The number of carbonyl (C=O) groups is 1. The molecule has 164 valence electrons. The van der Waals surface area contributed by atoms with Crippen molar-refractivity contribution in [3.8, 4) is 5.69 Å². The number of hydroxylamine groups is 1. The van der Waals surface area contributed by atoms with E-state index in [9.17, 15) is 13.6 Å². The lowest BCUT2D eigenvalue weighted by molar-refractivity contribution is 0.0428. The fraction of sp³-hybridized carbons (Fsp3) is 0.0870. The molecule has 0 N–H and O–H groups in total. The molecule has 1 unspecified atom stereocenters. The molecule has 0 aliphatic carbocycles. The summed E-state index contributed by atoms with van der Waals surface area (Å²) < 4.78 is 58.2. The van der Waals surface area contributed by atoms with E-state index in [1.54, 1.807) is 53.1 Å². The summed E-state index contributed by atoms with van der Waals surface area (Å²) >= 11 is -2.77. The van der Waals surface area contributed by atoms with Crippen molar-refractivity contribution in [2.45, 2.75) is 5.92 Å². The molecular formula is C23H17F2N2O4S-. The van der Waals surface area contributed by atoms with Crippen molar-refractivity contribution in [1.82, 2.24) is 4.57 Å². The zero-order valence-electron chi connectivity index (χ0n) is 16.8. The Kier molecular flexibility index (Phi) is 5.88. The second-order valence-corrected chi connectivity index (χ2v) is 7.59. The lowest BCUT2D eigenvalue weighted by Gasteiger charge is -2.20. The maximum Gasteiger partial charge on any atom is 0.298 e. The third-order valence-electron chi connectivity index (χ3n) is 5.08. The van der Waals surface area contributed by atoms with E-state index < -0.39 is 17.3 Å². The molecule has 0 fully saturated rings. The fourth-order valence-corrected chi connectivity index (χ4v) is 3.84. The van der Waals surface area contributed by atoms with E-state index in [2.05, 4.69) is 4.28 Å². The van der Waals surface area contributed by atoms with E-state index in [0.29, 0.717) is 28.6 Å². The first-order valence-electron chi connectivity index (χ1n) is 9.47. The van der Waals surface area contributed by atoms with Gasteiger partial charge in [-0.05, 0) is 30.3 Å². The Hall–Kier alpha value is -3.40. The number of fused-ring (bicyclic) bond motifs is 1. The summed E-state index contributed by atoms with van der Waals surface area (Å²) in [5.74, 6) is -3.24. The Morgan fingerprint density at radius 3 is 2.41 bits per heavy atom. The van der Waals surface area contributed by atoms with Crippen LogP contribution in [-0.2, 0) is 21.6 Å². The van der Waals surface area contributed by atoms with Gasteiger partial charge in [0.25, 0.3) is 5.92 Å².